The second-order valence-corrected chi connectivity index (χ2v) is 17.8. The first-order valence-electron chi connectivity index (χ1n) is 23.5. The summed E-state index contributed by atoms with van der Waals surface area (Å²) in [7, 11) is 2.21. The molecule has 0 spiro atoms. The zero-order valence-electron chi connectivity index (χ0n) is 38.6. The van der Waals surface area contributed by atoms with Gasteiger partial charge in [-0.15, -0.1) is 0 Å². The van der Waals surface area contributed by atoms with Gasteiger partial charge in [-0.05, 0) is 142 Å². The molecule has 0 aliphatic heterocycles. The average Bonchev–Trinajstić information content (AvgIpc) is 3.36. The number of aryl methyl sites for hydroxylation is 4. The number of fused-ring (bicyclic) bond motifs is 1. The molecule has 0 fully saturated rings. The summed E-state index contributed by atoms with van der Waals surface area (Å²) in [5.41, 5.74) is 18.4. The van der Waals surface area contributed by atoms with E-state index < -0.39 is 0 Å². The summed E-state index contributed by atoms with van der Waals surface area (Å²) in [4.78, 5) is 8.88. The van der Waals surface area contributed by atoms with Crippen molar-refractivity contribution in [2.24, 2.45) is 13.0 Å². The zero-order chi connectivity index (χ0) is 44.7. The molecule has 0 amide bonds. The third-order valence-electron chi connectivity index (χ3n) is 13.5. The Kier molecular flexibility index (Phi) is 13.2. The summed E-state index contributed by atoms with van der Waals surface area (Å²) < 4.78 is 4.88. The Labute approximate surface area is 386 Å². The van der Waals surface area contributed by atoms with Crippen LogP contribution in [0.25, 0.3) is 77.8 Å². The largest absolute Gasteiger partial charge is 0.264 e. The lowest BCUT2D eigenvalue weighted by molar-refractivity contribution is -0.686. The second-order valence-electron chi connectivity index (χ2n) is 17.8. The fourth-order valence-electron chi connectivity index (χ4n) is 9.71. The summed E-state index contributed by atoms with van der Waals surface area (Å²) in [5, 5.41) is 2.53. The molecule has 0 aliphatic carbocycles. The lowest BCUT2D eigenvalue weighted by atomic mass is 9.80. The monoisotopic (exact) mass is 848 g/mol. The van der Waals surface area contributed by atoms with E-state index in [1.54, 1.807) is 0 Å². The van der Waals surface area contributed by atoms with E-state index in [-0.39, 0.29) is 0 Å². The zero-order valence-corrected chi connectivity index (χ0v) is 38.6. The van der Waals surface area contributed by atoms with Crippen LogP contribution in [0.1, 0.15) is 69.1 Å². The van der Waals surface area contributed by atoms with Crippen molar-refractivity contribution in [2.45, 2.75) is 72.3 Å². The molecule has 65 heavy (non-hydrogen) atoms. The molecule has 9 aromatic rings. The number of unbranched alkanes of at least 4 members (excludes halogenated alkanes) is 1. The van der Waals surface area contributed by atoms with Gasteiger partial charge in [-0.2, -0.15) is 4.57 Å². The number of benzene rings is 5. The summed E-state index contributed by atoms with van der Waals surface area (Å²) in [6.07, 6.45) is 17.9. The summed E-state index contributed by atoms with van der Waals surface area (Å²) in [6.45, 7) is 10.2. The molecular weight excluding hydrogens is 789 g/mol. The van der Waals surface area contributed by atoms with Crippen LogP contribution in [0.3, 0.4) is 0 Å². The Hall–Kier alpha value is -7.04. The summed E-state index contributed by atoms with van der Waals surface area (Å²) in [5.74, 6) is 0.894. The molecule has 322 valence electrons. The van der Waals surface area contributed by atoms with Crippen molar-refractivity contribution in [3.05, 3.63) is 206 Å². The quantitative estimate of drug-likeness (QED) is 0.0963. The first-order chi connectivity index (χ1) is 31.9. The van der Waals surface area contributed by atoms with Gasteiger partial charge in [0, 0.05) is 65.6 Å². The Morgan fingerprint density at radius 3 is 1.92 bits per heavy atom. The van der Waals surface area contributed by atoms with Crippen molar-refractivity contribution in [1.29, 1.82) is 0 Å². The van der Waals surface area contributed by atoms with E-state index in [1.807, 2.05) is 36.9 Å². The van der Waals surface area contributed by atoms with Crippen LogP contribution in [0.5, 0.6) is 0 Å². The van der Waals surface area contributed by atoms with Gasteiger partial charge in [0.15, 0.2) is 12.4 Å². The maximum absolute atomic E-state index is 4.44. The van der Waals surface area contributed by atoms with E-state index in [9.17, 15) is 0 Å². The van der Waals surface area contributed by atoms with Gasteiger partial charge in [-0.25, -0.2) is 4.57 Å². The molecule has 4 aromatic heterocycles. The van der Waals surface area contributed by atoms with Crippen LogP contribution in [-0.4, -0.2) is 9.97 Å². The SMILES string of the molecule is CCCCc1ccc(-c2ccccc2C(CC[n+]2ccc3ccccc3c2-c2cc(-c3cccc(-c4cc(-c5cccnc5)cc(-c5cccnc5)c4)c3)ccc2C)C(C)CC)[n+](C)c1. The van der Waals surface area contributed by atoms with Crippen molar-refractivity contribution in [3.63, 3.8) is 0 Å². The highest BCUT2D eigenvalue weighted by Gasteiger charge is 2.28. The predicted octanol–water partition coefficient (Wildman–Crippen LogP) is 14.6. The molecule has 9 rings (SSSR count). The predicted molar refractivity (Wildman–Crippen MR) is 270 cm³/mol. The summed E-state index contributed by atoms with van der Waals surface area (Å²) in [6, 6.07) is 56.1. The average molecular weight is 849 g/mol. The molecule has 2 atom stereocenters. The van der Waals surface area contributed by atoms with Crippen LogP contribution in [0.15, 0.2) is 189 Å². The molecule has 2 unspecified atom stereocenters. The van der Waals surface area contributed by atoms with Gasteiger partial charge in [0.05, 0.1) is 10.9 Å². The third kappa shape index (κ3) is 9.45. The molecule has 4 nitrogen and oxygen atoms in total. The fourth-order valence-corrected chi connectivity index (χ4v) is 9.71. The molecule has 0 N–H and O–H groups in total. The molecule has 4 heterocycles. The van der Waals surface area contributed by atoms with Gasteiger partial charge in [0.2, 0.25) is 11.4 Å². The van der Waals surface area contributed by atoms with Crippen LogP contribution in [0, 0.1) is 12.8 Å². The van der Waals surface area contributed by atoms with Crippen molar-refractivity contribution in [1.82, 2.24) is 9.97 Å². The van der Waals surface area contributed by atoms with E-state index >= 15 is 0 Å². The molecule has 0 saturated heterocycles. The number of aromatic nitrogens is 4. The molecule has 4 heteroatoms. The van der Waals surface area contributed by atoms with Crippen LogP contribution in [-0.2, 0) is 20.0 Å². The molecule has 0 saturated carbocycles. The minimum Gasteiger partial charge on any atom is -0.264 e. The van der Waals surface area contributed by atoms with Gasteiger partial charge in [-0.1, -0.05) is 112 Å². The van der Waals surface area contributed by atoms with Crippen molar-refractivity contribution in [2.75, 3.05) is 0 Å². The van der Waals surface area contributed by atoms with E-state index in [0.29, 0.717) is 11.8 Å². The molecule has 5 aromatic carbocycles. The molecule has 0 aliphatic rings. The van der Waals surface area contributed by atoms with E-state index in [0.717, 1.165) is 59.2 Å². The molecule has 0 bridgehead atoms. The van der Waals surface area contributed by atoms with Gasteiger partial charge in [0.25, 0.3) is 0 Å². The number of pyridine rings is 4. The summed E-state index contributed by atoms with van der Waals surface area (Å²) >= 11 is 0. The number of rotatable bonds is 15. The fraction of sp³-hybridized carbons (Fsp3) is 0.213. The van der Waals surface area contributed by atoms with Crippen LogP contribution >= 0.6 is 0 Å². The van der Waals surface area contributed by atoms with Crippen LogP contribution in [0.4, 0.5) is 0 Å². The highest BCUT2D eigenvalue weighted by Crippen LogP contribution is 2.39. The van der Waals surface area contributed by atoms with E-state index in [1.165, 1.54) is 73.9 Å². The molecular formula is C61H60N4+2. The van der Waals surface area contributed by atoms with Crippen LogP contribution < -0.4 is 9.13 Å². The topological polar surface area (TPSA) is 33.5 Å². The highest BCUT2D eigenvalue weighted by atomic mass is 15.0. The van der Waals surface area contributed by atoms with Crippen LogP contribution in [0.2, 0.25) is 0 Å². The second kappa shape index (κ2) is 19.8. The normalized spacial score (nSPS) is 12.3. The van der Waals surface area contributed by atoms with Gasteiger partial charge in [0.1, 0.15) is 13.6 Å². The van der Waals surface area contributed by atoms with Crippen molar-refractivity contribution in [3.8, 4) is 67.0 Å². The van der Waals surface area contributed by atoms with Gasteiger partial charge in [-0.3, -0.25) is 9.97 Å². The first-order valence-corrected chi connectivity index (χ1v) is 23.5. The standard InChI is InChI=1S/C61H60N4/c1-6-8-16-45-26-28-60(64(5)42-45)58-24-12-11-23-57(58)55(43(3)7-2)30-34-65-33-29-46-17-9-10-22-56(46)61(65)59-39-49(27-25-44(59)4)47-18-13-19-48(35-47)52-36-53(50-20-14-31-62-40-50)38-54(37-52)51-21-15-32-63-41-51/h9-15,17-29,31-33,35-43,55H,6-8,16,30,34H2,1-5H3/q+2. The molecule has 0 radical (unpaired) electrons. The van der Waals surface area contributed by atoms with Gasteiger partial charge >= 0.3 is 0 Å². The van der Waals surface area contributed by atoms with Gasteiger partial charge < -0.3 is 0 Å². The highest BCUT2D eigenvalue weighted by molar-refractivity contribution is 5.94. The maximum Gasteiger partial charge on any atom is 0.220 e. The minimum absolute atomic E-state index is 0.383. The Bertz CT molecular complexity index is 3010. The third-order valence-corrected chi connectivity index (χ3v) is 13.5. The Morgan fingerprint density at radius 1 is 0.585 bits per heavy atom. The number of nitrogens with zero attached hydrogens (tertiary/aromatic N) is 4. The Balaban J connectivity index is 1.09. The maximum atomic E-state index is 4.44. The van der Waals surface area contributed by atoms with E-state index in [4.69, 9.17) is 0 Å². The number of hydrogen-bond acceptors (Lipinski definition) is 2. The van der Waals surface area contributed by atoms with Crippen molar-refractivity contribution >= 4 is 10.8 Å². The minimum atomic E-state index is 0.383. The smallest absolute Gasteiger partial charge is 0.220 e. The number of hydrogen-bond donors (Lipinski definition) is 0. The van der Waals surface area contributed by atoms with E-state index in [2.05, 4.69) is 206 Å². The lowest BCUT2D eigenvalue weighted by Gasteiger charge is -2.25. The van der Waals surface area contributed by atoms with Crippen molar-refractivity contribution < 1.29 is 9.13 Å². The lowest BCUT2D eigenvalue weighted by Crippen LogP contribution is -2.37. The Morgan fingerprint density at radius 2 is 1.23 bits per heavy atom. The first kappa shape index (κ1) is 43.2.